The maximum absolute atomic E-state index is 12.7. The van der Waals surface area contributed by atoms with Crippen LogP contribution in [0.4, 0.5) is 13.2 Å². The summed E-state index contributed by atoms with van der Waals surface area (Å²) < 4.78 is 67.6. The van der Waals surface area contributed by atoms with Crippen molar-refractivity contribution in [3.05, 3.63) is 42.1 Å². The summed E-state index contributed by atoms with van der Waals surface area (Å²) in [6.07, 6.45) is -2.87. The molecule has 2 aromatic rings. The highest BCUT2D eigenvalue weighted by molar-refractivity contribution is 7.90. The van der Waals surface area contributed by atoms with Crippen LogP contribution in [0, 0.1) is 0 Å². The number of thiol groups is 1. The number of nitrogens with zero attached hydrogens (tertiary/aromatic N) is 1. The lowest BCUT2D eigenvalue weighted by Crippen LogP contribution is -2.17. The summed E-state index contributed by atoms with van der Waals surface area (Å²) in [6, 6.07) is 6.26. The molecule has 1 heterocycles. The Morgan fingerprint density at radius 1 is 1.27 bits per heavy atom. The molecule has 0 saturated carbocycles. The van der Waals surface area contributed by atoms with Gasteiger partial charge < -0.3 is 9.84 Å². The van der Waals surface area contributed by atoms with E-state index in [1.54, 1.807) is 0 Å². The van der Waals surface area contributed by atoms with Crippen LogP contribution in [-0.2, 0) is 16.0 Å². The Hall–Kier alpha value is -1.78. The summed E-state index contributed by atoms with van der Waals surface area (Å²) in [5.74, 6) is -0.0465. The number of ether oxygens (including phenoxy) is 1. The molecule has 1 aromatic carbocycles. The van der Waals surface area contributed by atoms with Crippen molar-refractivity contribution in [1.29, 1.82) is 0 Å². The maximum Gasteiger partial charge on any atom is 0.417 e. The zero-order chi connectivity index (χ0) is 19.5. The standard InChI is InChI=1S/C16H16F3NO4S2/c1-26(22,23)14-4-2-3-12(15(14)24-9-11(25)8-21)13-6-5-10(7-20-13)16(17,18)19/h2-7,11,21,25H,8-9H2,1H3. The van der Waals surface area contributed by atoms with E-state index in [9.17, 15) is 21.6 Å². The molecule has 1 aromatic heterocycles. The van der Waals surface area contributed by atoms with Gasteiger partial charge in [0.1, 0.15) is 17.3 Å². The molecule has 0 amide bonds. The summed E-state index contributed by atoms with van der Waals surface area (Å²) in [4.78, 5) is 3.65. The van der Waals surface area contributed by atoms with Gasteiger partial charge in [0.25, 0.3) is 0 Å². The van der Waals surface area contributed by atoms with Gasteiger partial charge in [0.05, 0.1) is 23.1 Å². The van der Waals surface area contributed by atoms with Crippen LogP contribution in [0.1, 0.15) is 5.56 Å². The Kier molecular flexibility index (Phi) is 6.20. The van der Waals surface area contributed by atoms with Gasteiger partial charge in [-0.25, -0.2) is 8.42 Å². The van der Waals surface area contributed by atoms with E-state index < -0.39 is 26.8 Å². The van der Waals surface area contributed by atoms with E-state index in [0.717, 1.165) is 18.4 Å². The van der Waals surface area contributed by atoms with Crippen molar-refractivity contribution in [3.63, 3.8) is 0 Å². The summed E-state index contributed by atoms with van der Waals surface area (Å²) in [5, 5.41) is 8.48. The van der Waals surface area contributed by atoms with Crippen molar-refractivity contribution < 1.29 is 31.4 Å². The highest BCUT2D eigenvalue weighted by atomic mass is 32.2. The van der Waals surface area contributed by atoms with Gasteiger partial charge in [0.2, 0.25) is 0 Å². The number of para-hydroxylation sites is 1. The van der Waals surface area contributed by atoms with E-state index in [1.165, 1.54) is 18.2 Å². The number of aliphatic hydroxyl groups is 1. The Morgan fingerprint density at radius 2 is 1.96 bits per heavy atom. The summed E-state index contributed by atoms with van der Waals surface area (Å²) >= 11 is 4.07. The minimum Gasteiger partial charge on any atom is -0.490 e. The number of pyridine rings is 1. The molecule has 0 aliphatic heterocycles. The van der Waals surface area contributed by atoms with Crippen molar-refractivity contribution in [2.75, 3.05) is 19.5 Å². The Balaban J connectivity index is 2.53. The lowest BCUT2D eigenvalue weighted by Gasteiger charge is -2.17. The van der Waals surface area contributed by atoms with Gasteiger partial charge in [-0.1, -0.05) is 6.07 Å². The smallest absolute Gasteiger partial charge is 0.417 e. The molecule has 0 aliphatic carbocycles. The Labute approximate surface area is 154 Å². The highest BCUT2D eigenvalue weighted by Gasteiger charge is 2.31. The molecule has 0 aliphatic rings. The minimum absolute atomic E-state index is 0.0465. The van der Waals surface area contributed by atoms with Gasteiger partial charge in [-0.15, -0.1) is 0 Å². The first kappa shape index (κ1) is 20.5. The molecular formula is C16H16F3NO4S2. The molecule has 0 spiro atoms. The predicted molar refractivity (Wildman–Crippen MR) is 93.1 cm³/mol. The molecule has 1 unspecified atom stereocenters. The van der Waals surface area contributed by atoms with Crippen molar-refractivity contribution in [2.45, 2.75) is 16.3 Å². The molecule has 0 fully saturated rings. The first-order chi connectivity index (χ1) is 12.0. The van der Waals surface area contributed by atoms with Crippen LogP contribution in [0.2, 0.25) is 0 Å². The third-order valence-corrected chi connectivity index (χ3v) is 4.81. The third kappa shape index (κ3) is 4.89. The average Bonchev–Trinajstić information content (AvgIpc) is 2.57. The number of aromatic nitrogens is 1. The number of alkyl halides is 3. The largest absolute Gasteiger partial charge is 0.490 e. The predicted octanol–water partition coefficient (Wildman–Crippen LogP) is 2.84. The normalized spacial score (nSPS) is 13.5. The van der Waals surface area contributed by atoms with Crippen LogP contribution >= 0.6 is 12.6 Å². The van der Waals surface area contributed by atoms with Gasteiger partial charge >= 0.3 is 6.18 Å². The summed E-state index contributed by atoms with van der Waals surface area (Å²) in [5.41, 5.74) is -0.572. The fourth-order valence-corrected chi connectivity index (χ4v) is 3.02. The molecule has 2 rings (SSSR count). The maximum atomic E-state index is 12.7. The fraction of sp³-hybridized carbons (Fsp3) is 0.312. The van der Waals surface area contributed by atoms with Gasteiger partial charge in [-0.2, -0.15) is 25.8 Å². The number of aliphatic hydroxyl groups excluding tert-OH is 1. The van der Waals surface area contributed by atoms with Gasteiger partial charge in [-0.3, -0.25) is 4.98 Å². The zero-order valence-corrected chi connectivity index (χ0v) is 15.3. The van der Waals surface area contributed by atoms with Crippen LogP contribution in [0.3, 0.4) is 0 Å². The van der Waals surface area contributed by atoms with Crippen LogP contribution < -0.4 is 4.74 Å². The molecule has 26 heavy (non-hydrogen) atoms. The van der Waals surface area contributed by atoms with Crippen LogP contribution in [0.15, 0.2) is 41.4 Å². The number of rotatable bonds is 6. The number of benzene rings is 1. The van der Waals surface area contributed by atoms with E-state index in [-0.39, 0.29) is 35.1 Å². The first-order valence-corrected chi connectivity index (χ1v) is 9.73. The summed E-state index contributed by atoms with van der Waals surface area (Å²) in [6.45, 7) is -0.391. The van der Waals surface area contributed by atoms with Crippen LogP contribution in [-0.4, -0.2) is 43.2 Å². The number of hydrogen-bond acceptors (Lipinski definition) is 6. The molecular weight excluding hydrogens is 391 g/mol. The third-order valence-electron chi connectivity index (χ3n) is 3.38. The number of hydrogen-bond donors (Lipinski definition) is 2. The number of halogens is 3. The quantitative estimate of drug-likeness (QED) is 0.721. The monoisotopic (exact) mass is 407 g/mol. The second-order valence-corrected chi connectivity index (χ2v) is 8.20. The van der Waals surface area contributed by atoms with E-state index in [0.29, 0.717) is 6.20 Å². The van der Waals surface area contributed by atoms with Crippen molar-refractivity contribution >= 4 is 22.5 Å². The second-order valence-electron chi connectivity index (χ2n) is 5.48. The molecule has 0 saturated heterocycles. The topological polar surface area (TPSA) is 76.5 Å². The molecule has 1 N–H and O–H groups in total. The summed E-state index contributed by atoms with van der Waals surface area (Å²) in [7, 11) is -3.67. The minimum atomic E-state index is -4.53. The highest BCUT2D eigenvalue weighted by Crippen LogP contribution is 2.36. The van der Waals surface area contributed by atoms with Crippen molar-refractivity contribution in [1.82, 2.24) is 4.98 Å². The van der Waals surface area contributed by atoms with E-state index >= 15 is 0 Å². The Bertz CT molecular complexity index is 868. The lowest BCUT2D eigenvalue weighted by atomic mass is 10.1. The molecule has 142 valence electrons. The van der Waals surface area contributed by atoms with E-state index in [4.69, 9.17) is 9.84 Å². The molecule has 0 bridgehead atoms. The van der Waals surface area contributed by atoms with Gasteiger partial charge in [0, 0.05) is 18.0 Å². The molecule has 1 atom stereocenters. The molecule has 10 heteroatoms. The van der Waals surface area contributed by atoms with E-state index in [1.807, 2.05) is 0 Å². The van der Waals surface area contributed by atoms with Gasteiger partial charge in [-0.05, 0) is 24.3 Å². The second kappa shape index (κ2) is 7.85. The average molecular weight is 407 g/mol. The SMILES string of the molecule is CS(=O)(=O)c1cccc(-c2ccc(C(F)(F)F)cn2)c1OCC(S)CO. The fourth-order valence-electron chi connectivity index (χ4n) is 2.11. The van der Waals surface area contributed by atoms with E-state index in [2.05, 4.69) is 17.6 Å². The van der Waals surface area contributed by atoms with Crippen LogP contribution in [0.25, 0.3) is 11.3 Å². The van der Waals surface area contributed by atoms with Crippen LogP contribution in [0.5, 0.6) is 5.75 Å². The lowest BCUT2D eigenvalue weighted by molar-refractivity contribution is -0.137. The van der Waals surface area contributed by atoms with Gasteiger partial charge in [0.15, 0.2) is 9.84 Å². The first-order valence-electron chi connectivity index (χ1n) is 7.32. The Morgan fingerprint density at radius 3 is 2.46 bits per heavy atom. The van der Waals surface area contributed by atoms with Crippen molar-refractivity contribution in [2.24, 2.45) is 0 Å². The van der Waals surface area contributed by atoms with Crippen molar-refractivity contribution in [3.8, 4) is 17.0 Å². The number of sulfone groups is 1. The molecule has 5 nitrogen and oxygen atoms in total. The molecule has 0 radical (unpaired) electrons. The zero-order valence-electron chi connectivity index (χ0n) is 13.6.